The number of methoxy groups -OCH3 is 1. The largest absolute Gasteiger partial charge is 0.497 e. The SMILES string of the molecule is COc1cccc([C@@H]2C[C@@H](c3ccccc3)[C@@](F)(C(=O)Nc3ccccc3)C2)c1. The van der Waals surface area contributed by atoms with Crippen molar-refractivity contribution in [2.45, 2.75) is 30.3 Å². The third kappa shape index (κ3) is 3.88. The second-order valence-corrected chi connectivity index (χ2v) is 7.56. The lowest BCUT2D eigenvalue weighted by Gasteiger charge is -2.26. The van der Waals surface area contributed by atoms with Gasteiger partial charge in [0.2, 0.25) is 0 Å². The summed E-state index contributed by atoms with van der Waals surface area (Å²) in [5.41, 5.74) is 0.456. The summed E-state index contributed by atoms with van der Waals surface area (Å²) in [6, 6.07) is 26.3. The summed E-state index contributed by atoms with van der Waals surface area (Å²) in [4.78, 5) is 13.1. The van der Waals surface area contributed by atoms with Crippen molar-refractivity contribution in [3.05, 3.63) is 96.1 Å². The molecule has 3 aromatic carbocycles. The van der Waals surface area contributed by atoms with Crippen molar-refractivity contribution >= 4 is 11.6 Å². The molecule has 0 radical (unpaired) electrons. The molecule has 1 amide bonds. The van der Waals surface area contributed by atoms with E-state index in [2.05, 4.69) is 5.32 Å². The fourth-order valence-corrected chi connectivity index (χ4v) is 4.30. The van der Waals surface area contributed by atoms with Crippen LogP contribution < -0.4 is 10.1 Å². The number of carbonyl (C=O) groups is 1. The molecule has 29 heavy (non-hydrogen) atoms. The van der Waals surface area contributed by atoms with Gasteiger partial charge in [0.05, 0.1) is 7.11 Å². The van der Waals surface area contributed by atoms with E-state index in [-0.39, 0.29) is 12.3 Å². The molecular weight excluding hydrogens is 365 g/mol. The highest BCUT2D eigenvalue weighted by Crippen LogP contribution is 2.53. The number of anilines is 1. The fraction of sp³-hybridized carbons (Fsp3) is 0.240. The van der Waals surface area contributed by atoms with Gasteiger partial charge in [-0.3, -0.25) is 4.79 Å². The van der Waals surface area contributed by atoms with Crippen molar-refractivity contribution in [1.29, 1.82) is 0 Å². The maximum absolute atomic E-state index is 16.4. The van der Waals surface area contributed by atoms with E-state index < -0.39 is 17.5 Å². The van der Waals surface area contributed by atoms with Crippen molar-refractivity contribution in [3.8, 4) is 5.75 Å². The van der Waals surface area contributed by atoms with Crippen LogP contribution in [0.25, 0.3) is 0 Å². The van der Waals surface area contributed by atoms with Crippen LogP contribution >= 0.6 is 0 Å². The number of carbonyl (C=O) groups excluding carboxylic acids is 1. The summed E-state index contributed by atoms with van der Waals surface area (Å²) in [6.07, 6.45) is 0.703. The molecule has 1 fully saturated rings. The molecule has 1 aliphatic carbocycles. The number of amides is 1. The summed E-state index contributed by atoms with van der Waals surface area (Å²) in [6.45, 7) is 0. The molecule has 4 heteroatoms. The minimum atomic E-state index is -2.00. The summed E-state index contributed by atoms with van der Waals surface area (Å²) in [5, 5.41) is 2.78. The van der Waals surface area contributed by atoms with E-state index in [4.69, 9.17) is 4.74 Å². The standard InChI is InChI=1S/C25H24FNO2/c1-29-22-14-8-11-19(15-22)20-16-23(18-9-4-2-5-10-18)25(26,17-20)24(28)27-21-12-6-3-7-13-21/h2-15,20,23H,16-17H2,1H3,(H,27,28)/t20-,23+,25-/m1/s1. The van der Waals surface area contributed by atoms with Crippen LogP contribution in [0.15, 0.2) is 84.9 Å². The van der Waals surface area contributed by atoms with Gasteiger partial charge in [-0.25, -0.2) is 4.39 Å². The van der Waals surface area contributed by atoms with Crippen molar-refractivity contribution in [1.82, 2.24) is 0 Å². The van der Waals surface area contributed by atoms with E-state index in [0.717, 1.165) is 16.9 Å². The highest BCUT2D eigenvalue weighted by Gasteiger charge is 2.54. The molecule has 0 saturated heterocycles. The van der Waals surface area contributed by atoms with Gasteiger partial charge in [-0.15, -0.1) is 0 Å². The van der Waals surface area contributed by atoms with Gasteiger partial charge >= 0.3 is 0 Å². The first-order chi connectivity index (χ1) is 14.1. The van der Waals surface area contributed by atoms with Crippen LogP contribution in [0, 0.1) is 0 Å². The van der Waals surface area contributed by atoms with Crippen LogP contribution in [0.2, 0.25) is 0 Å². The first-order valence-corrected chi connectivity index (χ1v) is 9.84. The summed E-state index contributed by atoms with van der Waals surface area (Å²) < 4.78 is 21.7. The molecule has 0 unspecified atom stereocenters. The zero-order chi connectivity index (χ0) is 20.3. The molecule has 0 aliphatic heterocycles. The van der Waals surface area contributed by atoms with Crippen molar-refractivity contribution < 1.29 is 13.9 Å². The average Bonchev–Trinajstić information content (AvgIpc) is 3.14. The Kier molecular flexibility index (Phi) is 5.34. The summed E-state index contributed by atoms with van der Waals surface area (Å²) in [5.74, 6) is -0.419. The predicted octanol–water partition coefficient (Wildman–Crippen LogP) is 5.70. The monoisotopic (exact) mass is 389 g/mol. The molecule has 1 N–H and O–H groups in total. The minimum absolute atomic E-state index is 0.0678. The predicted molar refractivity (Wildman–Crippen MR) is 113 cm³/mol. The third-order valence-electron chi connectivity index (χ3n) is 5.79. The molecule has 0 aromatic heterocycles. The van der Waals surface area contributed by atoms with Gasteiger partial charge in [-0.2, -0.15) is 0 Å². The van der Waals surface area contributed by atoms with Crippen LogP contribution in [0.5, 0.6) is 5.75 Å². The number of ether oxygens (including phenoxy) is 1. The van der Waals surface area contributed by atoms with Crippen LogP contribution in [-0.4, -0.2) is 18.7 Å². The van der Waals surface area contributed by atoms with Crippen molar-refractivity contribution in [2.24, 2.45) is 0 Å². The summed E-state index contributed by atoms with van der Waals surface area (Å²) in [7, 11) is 1.62. The Hall–Kier alpha value is -3.14. The Bertz CT molecular complexity index is 976. The van der Waals surface area contributed by atoms with Gasteiger partial charge in [-0.1, -0.05) is 60.7 Å². The van der Waals surface area contributed by atoms with Gasteiger partial charge in [0.15, 0.2) is 5.67 Å². The maximum atomic E-state index is 16.4. The third-order valence-corrected chi connectivity index (χ3v) is 5.79. The zero-order valence-corrected chi connectivity index (χ0v) is 16.3. The number of nitrogens with one attached hydrogen (secondary N) is 1. The van der Waals surface area contributed by atoms with Crippen molar-refractivity contribution in [2.75, 3.05) is 12.4 Å². The molecule has 1 aliphatic rings. The highest BCUT2D eigenvalue weighted by molar-refractivity contribution is 5.98. The molecule has 0 spiro atoms. The second kappa shape index (κ2) is 8.08. The topological polar surface area (TPSA) is 38.3 Å². The number of halogens is 1. The molecule has 0 bridgehead atoms. The molecule has 148 valence electrons. The smallest absolute Gasteiger partial charge is 0.262 e. The van der Waals surface area contributed by atoms with Crippen LogP contribution in [-0.2, 0) is 4.79 Å². The summed E-state index contributed by atoms with van der Waals surface area (Å²) >= 11 is 0. The van der Waals surface area contributed by atoms with E-state index in [0.29, 0.717) is 12.1 Å². The van der Waals surface area contributed by atoms with E-state index in [9.17, 15) is 4.79 Å². The number of hydrogen-bond donors (Lipinski definition) is 1. The van der Waals surface area contributed by atoms with E-state index >= 15 is 4.39 Å². The first-order valence-electron chi connectivity index (χ1n) is 9.84. The number of para-hydroxylation sites is 1. The number of benzene rings is 3. The Labute approximate surface area is 170 Å². The average molecular weight is 389 g/mol. The van der Waals surface area contributed by atoms with Gasteiger partial charge in [0, 0.05) is 11.6 Å². The van der Waals surface area contributed by atoms with Gasteiger partial charge in [-0.05, 0) is 54.2 Å². The first kappa shape index (κ1) is 19.2. The van der Waals surface area contributed by atoms with Crippen molar-refractivity contribution in [3.63, 3.8) is 0 Å². The van der Waals surface area contributed by atoms with Gasteiger partial charge in [0.25, 0.3) is 5.91 Å². The normalized spacial score (nSPS) is 23.5. The lowest BCUT2D eigenvalue weighted by molar-refractivity contribution is -0.128. The minimum Gasteiger partial charge on any atom is -0.497 e. The lowest BCUT2D eigenvalue weighted by Crippen LogP contribution is -2.41. The molecule has 4 rings (SSSR count). The Morgan fingerprint density at radius 2 is 1.62 bits per heavy atom. The molecular formula is C25H24FNO2. The number of alkyl halides is 1. The quantitative estimate of drug-likeness (QED) is 0.608. The maximum Gasteiger partial charge on any atom is 0.262 e. The Morgan fingerprint density at radius 1 is 0.966 bits per heavy atom. The van der Waals surface area contributed by atoms with Gasteiger partial charge < -0.3 is 10.1 Å². The molecule has 3 aromatic rings. The number of hydrogen-bond acceptors (Lipinski definition) is 2. The Balaban J connectivity index is 1.67. The van der Waals surface area contributed by atoms with E-state index in [1.165, 1.54) is 0 Å². The van der Waals surface area contributed by atoms with E-state index in [1.54, 1.807) is 19.2 Å². The number of rotatable bonds is 5. The highest BCUT2D eigenvalue weighted by atomic mass is 19.1. The van der Waals surface area contributed by atoms with Gasteiger partial charge in [0.1, 0.15) is 5.75 Å². The molecule has 0 heterocycles. The molecule has 1 saturated carbocycles. The molecule has 3 nitrogen and oxygen atoms in total. The molecule has 3 atom stereocenters. The van der Waals surface area contributed by atoms with E-state index in [1.807, 2.05) is 72.8 Å². The fourth-order valence-electron chi connectivity index (χ4n) is 4.30. The lowest BCUT2D eigenvalue weighted by atomic mass is 9.85. The second-order valence-electron chi connectivity index (χ2n) is 7.56. The Morgan fingerprint density at radius 3 is 2.31 bits per heavy atom. The van der Waals surface area contributed by atoms with Crippen LogP contribution in [0.4, 0.5) is 10.1 Å². The zero-order valence-electron chi connectivity index (χ0n) is 16.3. The van der Waals surface area contributed by atoms with Crippen LogP contribution in [0.3, 0.4) is 0 Å². The van der Waals surface area contributed by atoms with Crippen LogP contribution in [0.1, 0.15) is 35.8 Å².